The number of carbonyl (C=O) groups excluding carboxylic acids is 2. The van der Waals surface area contributed by atoms with Gasteiger partial charge in [-0.05, 0) is 29.8 Å². The number of benzene rings is 2. The second-order valence-corrected chi connectivity index (χ2v) is 7.13. The van der Waals surface area contributed by atoms with Crippen LogP contribution < -0.4 is 0 Å². The van der Waals surface area contributed by atoms with Crippen LogP contribution in [0, 0.1) is 0 Å². The van der Waals surface area contributed by atoms with Crippen molar-refractivity contribution in [1.29, 1.82) is 0 Å². The van der Waals surface area contributed by atoms with E-state index in [-0.39, 0.29) is 12.5 Å². The summed E-state index contributed by atoms with van der Waals surface area (Å²) in [5.74, 6) is -0.840. The second-order valence-electron chi connectivity index (χ2n) is 7.13. The normalized spacial score (nSPS) is 10.6. The maximum Gasteiger partial charge on any atom is 0.339 e. The molecule has 0 bridgehead atoms. The Bertz CT molecular complexity index is 1210. The van der Waals surface area contributed by atoms with Crippen molar-refractivity contribution in [3.63, 3.8) is 0 Å². The largest absolute Gasteiger partial charge is 0.452 e. The maximum absolute atomic E-state index is 12.9. The summed E-state index contributed by atoms with van der Waals surface area (Å²) in [7, 11) is 1.69. The van der Waals surface area contributed by atoms with Gasteiger partial charge in [0.1, 0.15) is 0 Å². The van der Waals surface area contributed by atoms with E-state index < -0.39 is 5.97 Å². The molecular formula is C25H21N3O3. The number of rotatable bonds is 6. The number of hydrogen-bond acceptors (Lipinski definition) is 5. The molecule has 0 atom stereocenters. The highest BCUT2D eigenvalue weighted by Crippen LogP contribution is 2.25. The van der Waals surface area contributed by atoms with Gasteiger partial charge in [0.05, 0.1) is 16.8 Å². The molecule has 2 aromatic heterocycles. The summed E-state index contributed by atoms with van der Waals surface area (Å²) in [6.45, 7) is 0.113. The second kappa shape index (κ2) is 9.17. The van der Waals surface area contributed by atoms with Crippen molar-refractivity contribution in [1.82, 2.24) is 14.9 Å². The molecule has 1 amide bonds. The fourth-order valence-electron chi connectivity index (χ4n) is 3.27. The van der Waals surface area contributed by atoms with Crippen LogP contribution in [-0.4, -0.2) is 40.4 Å². The van der Waals surface area contributed by atoms with Gasteiger partial charge in [0, 0.05) is 36.9 Å². The molecule has 2 heterocycles. The first-order valence-electron chi connectivity index (χ1n) is 9.87. The minimum absolute atomic E-state index is 0.275. The number of ether oxygens (including phenoxy) is 1. The van der Waals surface area contributed by atoms with E-state index >= 15 is 0 Å². The van der Waals surface area contributed by atoms with Crippen LogP contribution in [0.15, 0.2) is 85.2 Å². The molecule has 154 valence electrons. The summed E-state index contributed by atoms with van der Waals surface area (Å²) in [5, 5.41) is 0.672. The average Bonchev–Trinajstić information content (AvgIpc) is 2.82. The number of aromatic nitrogens is 2. The zero-order chi connectivity index (χ0) is 21.6. The monoisotopic (exact) mass is 411 g/mol. The highest BCUT2D eigenvalue weighted by atomic mass is 16.5. The molecule has 0 aliphatic rings. The van der Waals surface area contributed by atoms with Gasteiger partial charge in [0.25, 0.3) is 5.91 Å². The predicted molar refractivity (Wildman–Crippen MR) is 118 cm³/mol. The van der Waals surface area contributed by atoms with Crippen molar-refractivity contribution >= 4 is 22.8 Å². The van der Waals surface area contributed by atoms with E-state index in [1.54, 1.807) is 25.5 Å². The van der Waals surface area contributed by atoms with E-state index in [1.807, 2.05) is 66.7 Å². The lowest BCUT2D eigenvalue weighted by Gasteiger charge is -2.17. The summed E-state index contributed by atoms with van der Waals surface area (Å²) >= 11 is 0. The standard InChI is InChI=1S/C25H21N3O3/c1-28(16-18-8-3-2-4-9-18)24(29)17-31-25(30)21-14-23(19-10-7-13-26-15-19)27-22-12-6-5-11-20(21)22/h2-15H,16-17H2,1H3. The molecular weight excluding hydrogens is 390 g/mol. The number of para-hydroxylation sites is 1. The molecule has 4 rings (SSSR count). The Morgan fingerprint density at radius 1 is 0.968 bits per heavy atom. The van der Waals surface area contributed by atoms with Crippen molar-refractivity contribution in [2.24, 2.45) is 0 Å². The van der Waals surface area contributed by atoms with Crippen molar-refractivity contribution in [3.05, 3.63) is 96.3 Å². The lowest BCUT2D eigenvalue weighted by molar-refractivity contribution is -0.133. The highest BCUT2D eigenvalue weighted by molar-refractivity contribution is 6.05. The summed E-state index contributed by atoms with van der Waals surface area (Å²) in [5.41, 5.74) is 3.45. The summed E-state index contributed by atoms with van der Waals surface area (Å²) in [6.07, 6.45) is 3.37. The SMILES string of the molecule is CN(Cc1ccccc1)C(=O)COC(=O)c1cc(-c2cccnc2)nc2ccccc12. The van der Waals surface area contributed by atoms with Crippen molar-refractivity contribution in [2.75, 3.05) is 13.7 Å². The minimum Gasteiger partial charge on any atom is -0.452 e. The molecule has 6 heteroatoms. The number of nitrogens with zero attached hydrogens (tertiary/aromatic N) is 3. The Kier molecular flexibility index (Phi) is 5.98. The molecule has 0 aliphatic carbocycles. The Balaban J connectivity index is 1.52. The number of esters is 1. The highest BCUT2D eigenvalue weighted by Gasteiger charge is 2.18. The number of fused-ring (bicyclic) bond motifs is 1. The molecule has 0 N–H and O–H groups in total. The van der Waals surface area contributed by atoms with Crippen LogP contribution in [0.4, 0.5) is 0 Å². The van der Waals surface area contributed by atoms with Gasteiger partial charge in [0.15, 0.2) is 6.61 Å². The van der Waals surface area contributed by atoms with Crippen LogP contribution in [0.25, 0.3) is 22.2 Å². The van der Waals surface area contributed by atoms with Crippen LogP contribution >= 0.6 is 0 Å². The third kappa shape index (κ3) is 4.75. The smallest absolute Gasteiger partial charge is 0.339 e. The first-order valence-corrected chi connectivity index (χ1v) is 9.87. The molecule has 4 aromatic rings. The number of amides is 1. The third-order valence-electron chi connectivity index (χ3n) is 4.91. The van der Waals surface area contributed by atoms with Gasteiger partial charge in [-0.3, -0.25) is 9.78 Å². The Labute approximate surface area is 180 Å². The summed E-state index contributed by atoms with van der Waals surface area (Å²) < 4.78 is 5.37. The van der Waals surface area contributed by atoms with Crippen molar-refractivity contribution in [3.8, 4) is 11.3 Å². The number of hydrogen-bond donors (Lipinski definition) is 0. The number of carbonyl (C=O) groups is 2. The lowest BCUT2D eigenvalue weighted by atomic mass is 10.1. The topological polar surface area (TPSA) is 72.4 Å². The molecule has 0 unspecified atom stereocenters. The Morgan fingerprint density at radius 2 is 1.74 bits per heavy atom. The number of pyridine rings is 2. The van der Waals surface area contributed by atoms with E-state index in [9.17, 15) is 9.59 Å². The van der Waals surface area contributed by atoms with Gasteiger partial charge < -0.3 is 9.64 Å². The fraction of sp³-hybridized carbons (Fsp3) is 0.120. The zero-order valence-corrected chi connectivity index (χ0v) is 17.1. The van der Waals surface area contributed by atoms with Crippen molar-refractivity contribution in [2.45, 2.75) is 6.54 Å². The molecule has 0 radical (unpaired) electrons. The van der Waals surface area contributed by atoms with Crippen LogP contribution in [0.2, 0.25) is 0 Å². The average molecular weight is 411 g/mol. The quantitative estimate of drug-likeness (QED) is 0.447. The van der Waals surface area contributed by atoms with Gasteiger partial charge in [-0.2, -0.15) is 0 Å². The van der Waals surface area contributed by atoms with Gasteiger partial charge in [-0.25, -0.2) is 9.78 Å². The predicted octanol–water partition coefficient (Wildman–Crippen LogP) is 4.11. The van der Waals surface area contributed by atoms with Crippen LogP contribution in [0.5, 0.6) is 0 Å². The molecule has 31 heavy (non-hydrogen) atoms. The van der Waals surface area contributed by atoms with Crippen LogP contribution in [0.3, 0.4) is 0 Å². The first-order chi connectivity index (χ1) is 15.1. The molecule has 2 aromatic carbocycles. The maximum atomic E-state index is 12.9. The van der Waals surface area contributed by atoms with Crippen LogP contribution in [-0.2, 0) is 16.1 Å². The Morgan fingerprint density at radius 3 is 2.52 bits per heavy atom. The summed E-state index contributed by atoms with van der Waals surface area (Å²) in [4.78, 5) is 35.6. The van der Waals surface area contributed by atoms with E-state index in [0.29, 0.717) is 28.7 Å². The molecule has 0 fully saturated rings. The van der Waals surface area contributed by atoms with E-state index in [2.05, 4.69) is 9.97 Å². The fourth-order valence-corrected chi connectivity index (χ4v) is 3.27. The van der Waals surface area contributed by atoms with Gasteiger partial charge in [-0.15, -0.1) is 0 Å². The molecule has 6 nitrogen and oxygen atoms in total. The number of likely N-dealkylation sites (N-methyl/N-ethyl adjacent to an activating group) is 1. The molecule has 0 spiro atoms. The van der Waals surface area contributed by atoms with Gasteiger partial charge >= 0.3 is 5.97 Å². The molecule has 0 aliphatic heterocycles. The Hall–Kier alpha value is -4.06. The van der Waals surface area contributed by atoms with Gasteiger partial charge in [-0.1, -0.05) is 48.5 Å². The zero-order valence-electron chi connectivity index (χ0n) is 17.1. The van der Waals surface area contributed by atoms with Gasteiger partial charge in [0.2, 0.25) is 0 Å². The summed E-state index contributed by atoms with van der Waals surface area (Å²) in [6, 6.07) is 22.4. The molecule has 0 saturated heterocycles. The van der Waals surface area contributed by atoms with Crippen LogP contribution in [0.1, 0.15) is 15.9 Å². The minimum atomic E-state index is -0.565. The van der Waals surface area contributed by atoms with E-state index in [0.717, 1.165) is 11.1 Å². The first kappa shape index (κ1) is 20.2. The van der Waals surface area contributed by atoms with Crippen molar-refractivity contribution < 1.29 is 14.3 Å². The molecule has 0 saturated carbocycles. The van der Waals surface area contributed by atoms with E-state index in [1.165, 1.54) is 4.90 Å². The van der Waals surface area contributed by atoms with E-state index in [4.69, 9.17) is 4.74 Å². The lowest BCUT2D eigenvalue weighted by Crippen LogP contribution is -2.30. The third-order valence-corrected chi connectivity index (χ3v) is 4.91.